The smallest absolute Gasteiger partial charge is 0.269 e. The molecular formula is C16H16N4O3S. The fraction of sp³-hybridized carbons (Fsp3) is 0.188. The number of nitrogens with one attached hydrogen (secondary N) is 2. The standard InChI is InChI=1S/C16H16N4O3S/c1-16(11-3-9-14(23-2)10-4-11)17-15(24)19(18-16)12-5-7-13(8-6-12)20(21)22/h3-10,18H,1-2H3,(H,17,24). The molecule has 1 aliphatic heterocycles. The summed E-state index contributed by atoms with van der Waals surface area (Å²) in [5, 5.41) is 16.2. The van der Waals surface area contributed by atoms with E-state index in [4.69, 9.17) is 17.0 Å². The van der Waals surface area contributed by atoms with E-state index in [2.05, 4.69) is 10.7 Å². The zero-order valence-corrected chi connectivity index (χ0v) is 14.0. The molecular weight excluding hydrogens is 328 g/mol. The van der Waals surface area contributed by atoms with Crippen LogP contribution in [-0.2, 0) is 5.66 Å². The zero-order valence-electron chi connectivity index (χ0n) is 13.1. The number of nitro benzene ring substituents is 1. The van der Waals surface area contributed by atoms with E-state index in [9.17, 15) is 10.1 Å². The van der Waals surface area contributed by atoms with Crippen molar-refractivity contribution in [1.29, 1.82) is 0 Å². The monoisotopic (exact) mass is 344 g/mol. The topological polar surface area (TPSA) is 79.7 Å². The fourth-order valence-electron chi connectivity index (χ4n) is 2.54. The van der Waals surface area contributed by atoms with Crippen LogP contribution in [0.2, 0.25) is 0 Å². The lowest BCUT2D eigenvalue weighted by molar-refractivity contribution is -0.384. The molecule has 2 N–H and O–H groups in total. The number of rotatable bonds is 4. The molecule has 0 amide bonds. The first-order chi connectivity index (χ1) is 11.4. The second-order valence-electron chi connectivity index (χ2n) is 5.50. The van der Waals surface area contributed by atoms with Crippen molar-refractivity contribution in [2.75, 3.05) is 12.1 Å². The molecule has 0 aromatic heterocycles. The fourth-order valence-corrected chi connectivity index (χ4v) is 2.89. The highest BCUT2D eigenvalue weighted by Crippen LogP contribution is 2.28. The molecule has 0 aliphatic carbocycles. The Kier molecular flexibility index (Phi) is 4.08. The molecule has 0 bridgehead atoms. The first kappa shape index (κ1) is 16.2. The predicted octanol–water partition coefficient (Wildman–Crippen LogP) is 2.68. The number of hydrogen-bond donors (Lipinski definition) is 2. The van der Waals surface area contributed by atoms with E-state index in [1.165, 1.54) is 12.1 Å². The Hall–Kier alpha value is -2.71. The van der Waals surface area contributed by atoms with Gasteiger partial charge in [0.15, 0.2) is 5.11 Å². The summed E-state index contributed by atoms with van der Waals surface area (Å²) in [4.78, 5) is 10.3. The summed E-state index contributed by atoms with van der Waals surface area (Å²) in [5.74, 6) is 0.773. The second-order valence-corrected chi connectivity index (χ2v) is 5.89. The number of thiocarbonyl (C=S) groups is 1. The molecule has 7 nitrogen and oxygen atoms in total. The molecule has 124 valence electrons. The van der Waals surface area contributed by atoms with Gasteiger partial charge >= 0.3 is 0 Å². The van der Waals surface area contributed by atoms with Crippen LogP contribution in [0.1, 0.15) is 12.5 Å². The van der Waals surface area contributed by atoms with E-state index in [1.54, 1.807) is 24.3 Å². The van der Waals surface area contributed by atoms with Gasteiger partial charge < -0.3 is 10.1 Å². The van der Waals surface area contributed by atoms with E-state index >= 15 is 0 Å². The maximum absolute atomic E-state index is 10.8. The molecule has 1 unspecified atom stereocenters. The van der Waals surface area contributed by atoms with Crippen molar-refractivity contribution in [2.45, 2.75) is 12.6 Å². The number of nitrogens with zero attached hydrogens (tertiary/aromatic N) is 2. The van der Waals surface area contributed by atoms with Crippen molar-refractivity contribution in [3.63, 3.8) is 0 Å². The van der Waals surface area contributed by atoms with E-state index < -0.39 is 10.6 Å². The Morgan fingerprint density at radius 3 is 2.33 bits per heavy atom. The van der Waals surface area contributed by atoms with Crippen LogP contribution < -0.4 is 20.5 Å². The molecule has 1 heterocycles. The van der Waals surface area contributed by atoms with E-state index in [-0.39, 0.29) is 5.69 Å². The van der Waals surface area contributed by atoms with Crippen LogP contribution in [0.3, 0.4) is 0 Å². The molecule has 24 heavy (non-hydrogen) atoms. The molecule has 2 aromatic rings. The summed E-state index contributed by atoms with van der Waals surface area (Å²) in [6.07, 6.45) is 0. The van der Waals surface area contributed by atoms with Crippen LogP contribution in [0.25, 0.3) is 0 Å². The van der Waals surface area contributed by atoms with Crippen molar-refractivity contribution in [3.05, 3.63) is 64.2 Å². The molecule has 0 spiro atoms. The van der Waals surface area contributed by atoms with Crippen LogP contribution in [0.5, 0.6) is 5.75 Å². The van der Waals surface area contributed by atoms with Gasteiger partial charge in [-0.1, -0.05) is 12.1 Å². The van der Waals surface area contributed by atoms with E-state index in [0.717, 1.165) is 17.0 Å². The Morgan fingerprint density at radius 1 is 1.17 bits per heavy atom. The maximum Gasteiger partial charge on any atom is 0.269 e. The van der Waals surface area contributed by atoms with Crippen LogP contribution in [0.15, 0.2) is 48.5 Å². The van der Waals surface area contributed by atoms with Crippen molar-refractivity contribution in [2.24, 2.45) is 0 Å². The van der Waals surface area contributed by atoms with Crippen molar-refractivity contribution in [3.8, 4) is 5.75 Å². The Bertz CT molecular complexity index is 779. The molecule has 3 rings (SSSR count). The highest BCUT2D eigenvalue weighted by atomic mass is 32.1. The maximum atomic E-state index is 10.8. The third-order valence-corrected chi connectivity index (χ3v) is 4.17. The highest BCUT2D eigenvalue weighted by Gasteiger charge is 2.38. The highest BCUT2D eigenvalue weighted by molar-refractivity contribution is 7.80. The zero-order chi connectivity index (χ0) is 17.3. The number of hydrazine groups is 1. The lowest BCUT2D eigenvalue weighted by Gasteiger charge is -2.26. The SMILES string of the molecule is COc1ccc(C2(C)NC(=S)N(c3ccc([N+](=O)[O-])cc3)N2)cc1. The number of hydrogen-bond acceptors (Lipinski definition) is 5. The molecule has 1 aliphatic rings. The number of anilines is 1. The van der Waals surface area contributed by atoms with E-state index in [1.807, 2.05) is 31.2 Å². The number of nitro groups is 1. The van der Waals surface area contributed by atoms with Crippen LogP contribution in [-0.4, -0.2) is 17.1 Å². The van der Waals surface area contributed by atoms with Gasteiger partial charge in [-0.25, -0.2) is 5.01 Å². The second kappa shape index (κ2) is 6.06. The Morgan fingerprint density at radius 2 is 1.79 bits per heavy atom. The van der Waals surface area contributed by atoms with Gasteiger partial charge in [-0.05, 0) is 49.0 Å². The summed E-state index contributed by atoms with van der Waals surface area (Å²) in [7, 11) is 1.62. The van der Waals surface area contributed by atoms with Crippen molar-refractivity contribution in [1.82, 2.24) is 10.7 Å². The molecule has 8 heteroatoms. The average molecular weight is 344 g/mol. The predicted molar refractivity (Wildman–Crippen MR) is 94.8 cm³/mol. The molecule has 1 saturated heterocycles. The molecule has 2 aromatic carbocycles. The minimum absolute atomic E-state index is 0.0368. The minimum Gasteiger partial charge on any atom is -0.497 e. The first-order valence-corrected chi connectivity index (χ1v) is 7.63. The lowest BCUT2D eigenvalue weighted by atomic mass is 10.0. The van der Waals surface area contributed by atoms with Crippen LogP contribution in [0.4, 0.5) is 11.4 Å². The Labute approximate surface area is 144 Å². The van der Waals surface area contributed by atoms with Gasteiger partial charge in [0, 0.05) is 12.1 Å². The van der Waals surface area contributed by atoms with Gasteiger partial charge in [0.05, 0.1) is 17.7 Å². The normalized spacial score (nSPS) is 19.9. The molecule has 1 atom stereocenters. The quantitative estimate of drug-likeness (QED) is 0.501. The molecule has 1 fully saturated rings. The van der Waals surface area contributed by atoms with Gasteiger partial charge in [0.2, 0.25) is 0 Å². The Balaban J connectivity index is 1.85. The summed E-state index contributed by atoms with van der Waals surface area (Å²) in [6, 6.07) is 13.8. The average Bonchev–Trinajstić information content (AvgIpc) is 2.91. The van der Waals surface area contributed by atoms with Gasteiger partial charge in [-0.3, -0.25) is 10.1 Å². The largest absolute Gasteiger partial charge is 0.497 e. The van der Waals surface area contributed by atoms with Gasteiger partial charge in [0.25, 0.3) is 5.69 Å². The third kappa shape index (κ3) is 2.89. The van der Waals surface area contributed by atoms with Crippen molar-refractivity contribution >= 4 is 28.7 Å². The van der Waals surface area contributed by atoms with E-state index in [0.29, 0.717) is 5.11 Å². The number of benzene rings is 2. The van der Waals surface area contributed by atoms with Gasteiger partial charge in [-0.15, -0.1) is 0 Å². The van der Waals surface area contributed by atoms with Crippen LogP contribution in [0, 0.1) is 10.1 Å². The van der Waals surface area contributed by atoms with Gasteiger partial charge in [-0.2, -0.15) is 5.43 Å². The lowest BCUT2D eigenvalue weighted by Crippen LogP contribution is -2.45. The molecule has 0 saturated carbocycles. The summed E-state index contributed by atoms with van der Waals surface area (Å²) in [6.45, 7) is 1.96. The van der Waals surface area contributed by atoms with Crippen molar-refractivity contribution < 1.29 is 9.66 Å². The number of methoxy groups -OCH3 is 1. The van der Waals surface area contributed by atoms with Gasteiger partial charge in [0.1, 0.15) is 11.4 Å². The minimum atomic E-state index is -0.592. The number of non-ortho nitro benzene ring substituents is 1. The third-order valence-electron chi connectivity index (χ3n) is 3.88. The van der Waals surface area contributed by atoms with Crippen LogP contribution >= 0.6 is 12.2 Å². The number of ether oxygens (including phenoxy) is 1. The molecule has 0 radical (unpaired) electrons. The summed E-state index contributed by atoms with van der Waals surface area (Å²) < 4.78 is 5.17. The summed E-state index contributed by atoms with van der Waals surface area (Å²) >= 11 is 5.40. The summed E-state index contributed by atoms with van der Waals surface area (Å²) in [5.41, 5.74) is 4.45. The first-order valence-electron chi connectivity index (χ1n) is 7.22.